The van der Waals surface area contributed by atoms with Gasteiger partial charge in [0.05, 0.1) is 5.56 Å². The van der Waals surface area contributed by atoms with Gasteiger partial charge in [-0.05, 0) is 36.8 Å². The smallest absolute Gasteiger partial charge is 0.237 e. The average molecular weight is 211 g/mol. The van der Waals surface area contributed by atoms with Crippen LogP contribution >= 0.6 is 0 Å². The Labute approximate surface area is 94.5 Å². The van der Waals surface area contributed by atoms with Crippen molar-refractivity contribution < 1.29 is 9.53 Å². The highest BCUT2D eigenvalue weighted by Crippen LogP contribution is 2.25. The first kappa shape index (κ1) is 10.4. The zero-order valence-electron chi connectivity index (χ0n) is 8.94. The van der Waals surface area contributed by atoms with Gasteiger partial charge in [-0.3, -0.25) is 4.79 Å². The molecule has 2 nitrogen and oxygen atoms in total. The Hall–Kier alpha value is -2.09. The van der Waals surface area contributed by atoms with Gasteiger partial charge < -0.3 is 4.74 Å². The van der Waals surface area contributed by atoms with Gasteiger partial charge >= 0.3 is 0 Å². The molecule has 2 rings (SSSR count). The first-order valence-electron chi connectivity index (χ1n) is 5.01. The molecule has 0 spiro atoms. The third kappa shape index (κ3) is 2.28. The minimum Gasteiger partial charge on any atom is -0.457 e. The highest BCUT2D eigenvalue weighted by Gasteiger charge is 2.04. The van der Waals surface area contributed by atoms with Gasteiger partial charge in [0.2, 0.25) is 6.29 Å². The van der Waals surface area contributed by atoms with E-state index in [1.165, 1.54) is 0 Å². The molecule has 0 aromatic heterocycles. The number of aryl methyl sites for hydroxylation is 1. The number of para-hydroxylation sites is 1. The highest BCUT2D eigenvalue weighted by molar-refractivity contribution is 5.80. The maximum atomic E-state index is 10.7. The first-order chi connectivity index (χ1) is 7.79. The van der Waals surface area contributed by atoms with E-state index in [0.717, 1.165) is 5.56 Å². The summed E-state index contributed by atoms with van der Waals surface area (Å²) in [6, 6.07) is 14.8. The maximum Gasteiger partial charge on any atom is 0.237 e. The van der Waals surface area contributed by atoms with Crippen LogP contribution in [-0.4, -0.2) is 6.29 Å². The topological polar surface area (TPSA) is 26.3 Å². The van der Waals surface area contributed by atoms with Crippen molar-refractivity contribution in [3.05, 3.63) is 59.7 Å². The van der Waals surface area contributed by atoms with Crippen LogP contribution in [0.5, 0.6) is 11.5 Å². The molecular formula is C14H11O2. The van der Waals surface area contributed by atoms with E-state index in [1.807, 2.05) is 55.7 Å². The SMILES string of the molecule is Cc1ccc([C]=O)c(Oc2ccccc2)c1. The Balaban J connectivity index is 2.33. The van der Waals surface area contributed by atoms with Gasteiger partial charge in [0.1, 0.15) is 11.5 Å². The number of hydrogen-bond acceptors (Lipinski definition) is 2. The summed E-state index contributed by atoms with van der Waals surface area (Å²) in [4.78, 5) is 10.7. The minimum absolute atomic E-state index is 0.439. The van der Waals surface area contributed by atoms with E-state index < -0.39 is 0 Å². The molecule has 0 bridgehead atoms. The molecular weight excluding hydrogens is 200 g/mol. The Kier molecular flexibility index (Phi) is 3.01. The highest BCUT2D eigenvalue weighted by atomic mass is 16.5. The second kappa shape index (κ2) is 4.62. The molecule has 0 aliphatic heterocycles. The summed E-state index contributed by atoms with van der Waals surface area (Å²) in [6.45, 7) is 1.95. The molecule has 0 amide bonds. The summed E-state index contributed by atoms with van der Waals surface area (Å²) in [6.07, 6.45) is 1.87. The zero-order chi connectivity index (χ0) is 11.4. The molecule has 0 unspecified atom stereocenters. The van der Waals surface area contributed by atoms with Crippen LogP contribution in [0.1, 0.15) is 11.1 Å². The van der Waals surface area contributed by atoms with E-state index in [2.05, 4.69) is 0 Å². The fourth-order valence-corrected chi connectivity index (χ4v) is 1.41. The van der Waals surface area contributed by atoms with Crippen molar-refractivity contribution >= 4 is 6.29 Å². The summed E-state index contributed by atoms with van der Waals surface area (Å²) in [5.74, 6) is 1.26. The molecule has 79 valence electrons. The second-order valence-corrected chi connectivity index (χ2v) is 3.52. The van der Waals surface area contributed by atoms with Gasteiger partial charge in [0, 0.05) is 0 Å². The van der Waals surface area contributed by atoms with Gasteiger partial charge in [0.15, 0.2) is 0 Å². The lowest BCUT2D eigenvalue weighted by molar-refractivity contribution is 0.479. The monoisotopic (exact) mass is 211 g/mol. The van der Waals surface area contributed by atoms with Crippen LogP contribution in [0.25, 0.3) is 0 Å². The molecule has 0 N–H and O–H groups in total. The van der Waals surface area contributed by atoms with E-state index >= 15 is 0 Å². The Bertz CT molecular complexity index is 489. The number of carbonyl (C=O) groups excluding carboxylic acids is 1. The predicted molar refractivity (Wildman–Crippen MR) is 62.5 cm³/mol. The number of benzene rings is 2. The van der Waals surface area contributed by atoms with Gasteiger partial charge in [0.25, 0.3) is 0 Å². The second-order valence-electron chi connectivity index (χ2n) is 3.52. The Morgan fingerprint density at radius 2 is 1.81 bits per heavy atom. The van der Waals surface area contributed by atoms with Gasteiger partial charge in [-0.1, -0.05) is 24.3 Å². The number of rotatable bonds is 3. The molecule has 0 saturated carbocycles. The normalized spacial score (nSPS) is 9.81. The maximum absolute atomic E-state index is 10.7. The number of ether oxygens (including phenoxy) is 1. The Morgan fingerprint density at radius 3 is 2.50 bits per heavy atom. The van der Waals surface area contributed by atoms with Gasteiger partial charge in [-0.2, -0.15) is 0 Å². The van der Waals surface area contributed by atoms with Crippen LogP contribution in [0, 0.1) is 6.92 Å². The molecule has 2 heteroatoms. The molecule has 0 heterocycles. The van der Waals surface area contributed by atoms with E-state index in [0.29, 0.717) is 17.1 Å². The quantitative estimate of drug-likeness (QED) is 0.779. The van der Waals surface area contributed by atoms with E-state index in [-0.39, 0.29) is 0 Å². The molecule has 0 saturated heterocycles. The summed E-state index contributed by atoms with van der Waals surface area (Å²) >= 11 is 0. The van der Waals surface area contributed by atoms with Crippen LogP contribution in [0.2, 0.25) is 0 Å². The van der Waals surface area contributed by atoms with Gasteiger partial charge in [-0.15, -0.1) is 0 Å². The largest absolute Gasteiger partial charge is 0.457 e. The van der Waals surface area contributed by atoms with E-state index in [9.17, 15) is 4.79 Å². The lowest BCUT2D eigenvalue weighted by atomic mass is 10.1. The molecule has 0 aliphatic rings. The molecule has 0 fully saturated rings. The summed E-state index contributed by atoms with van der Waals surface area (Å²) in [5.41, 5.74) is 1.49. The van der Waals surface area contributed by atoms with E-state index in [1.54, 1.807) is 6.07 Å². The third-order valence-corrected chi connectivity index (χ3v) is 2.22. The third-order valence-electron chi connectivity index (χ3n) is 2.22. The fraction of sp³-hybridized carbons (Fsp3) is 0.0714. The van der Waals surface area contributed by atoms with Crippen molar-refractivity contribution in [2.45, 2.75) is 6.92 Å². The van der Waals surface area contributed by atoms with Crippen molar-refractivity contribution in [2.75, 3.05) is 0 Å². The summed E-state index contributed by atoms with van der Waals surface area (Å²) < 4.78 is 5.62. The van der Waals surface area contributed by atoms with Crippen LogP contribution < -0.4 is 4.74 Å². The lowest BCUT2D eigenvalue weighted by Gasteiger charge is -2.08. The minimum atomic E-state index is 0.439. The van der Waals surface area contributed by atoms with Crippen LogP contribution in [0.15, 0.2) is 48.5 Å². The molecule has 1 radical (unpaired) electrons. The van der Waals surface area contributed by atoms with Gasteiger partial charge in [-0.25, -0.2) is 0 Å². The molecule has 0 aliphatic carbocycles. The number of hydrogen-bond donors (Lipinski definition) is 0. The van der Waals surface area contributed by atoms with Crippen LogP contribution in [0.3, 0.4) is 0 Å². The standard InChI is InChI=1S/C14H11O2/c1-11-7-8-12(10-15)14(9-11)16-13-5-3-2-4-6-13/h2-9H,1H3. The summed E-state index contributed by atoms with van der Waals surface area (Å²) in [7, 11) is 0. The molecule has 0 atom stereocenters. The van der Waals surface area contributed by atoms with Crippen molar-refractivity contribution in [2.24, 2.45) is 0 Å². The molecule has 2 aromatic rings. The van der Waals surface area contributed by atoms with Crippen molar-refractivity contribution in [1.82, 2.24) is 0 Å². The summed E-state index contributed by atoms with van der Waals surface area (Å²) in [5, 5.41) is 0. The van der Waals surface area contributed by atoms with Crippen LogP contribution in [0.4, 0.5) is 0 Å². The molecule has 16 heavy (non-hydrogen) atoms. The van der Waals surface area contributed by atoms with Crippen molar-refractivity contribution in [3.8, 4) is 11.5 Å². The Morgan fingerprint density at radius 1 is 1.06 bits per heavy atom. The van der Waals surface area contributed by atoms with E-state index in [4.69, 9.17) is 4.74 Å². The predicted octanol–water partition coefficient (Wildman–Crippen LogP) is 3.25. The van der Waals surface area contributed by atoms with Crippen LogP contribution in [-0.2, 0) is 4.79 Å². The zero-order valence-corrected chi connectivity index (χ0v) is 8.94. The first-order valence-corrected chi connectivity index (χ1v) is 5.01. The average Bonchev–Trinajstić information content (AvgIpc) is 2.31. The van der Waals surface area contributed by atoms with Crippen molar-refractivity contribution in [3.63, 3.8) is 0 Å². The lowest BCUT2D eigenvalue weighted by Crippen LogP contribution is -1.91. The van der Waals surface area contributed by atoms with Crippen molar-refractivity contribution in [1.29, 1.82) is 0 Å². The fourth-order valence-electron chi connectivity index (χ4n) is 1.41. The molecule has 2 aromatic carbocycles.